The van der Waals surface area contributed by atoms with E-state index in [1.165, 1.54) is 0 Å². The van der Waals surface area contributed by atoms with Crippen LogP contribution in [0.5, 0.6) is 0 Å². The van der Waals surface area contributed by atoms with Gasteiger partial charge in [0.05, 0.1) is 7.05 Å². The van der Waals surface area contributed by atoms with Gasteiger partial charge >= 0.3 is 0 Å². The molecule has 0 aliphatic carbocycles. The van der Waals surface area contributed by atoms with Crippen LogP contribution in [0, 0.1) is 15.5 Å². The first kappa shape index (κ1) is 9.03. The summed E-state index contributed by atoms with van der Waals surface area (Å²) in [6.45, 7) is 0. The number of halogens is 1. The minimum absolute atomic E-state index is 1.44. The highest BCUT2D eigenvalue weighted by Gasteiger charge is 1.26. The molecule has 0 atom stereocenters. The molecule has 0 fully saturated rings. The predicted octanol–water partition coefficient (Wildman–Crippen LogP) is -3.52. The summed E-state index contributed by atoms with van der Waals surface area (Å²) in [7, 11) is 1.75. The van der Waals surface area contributed by atoms with Gasteiger partial charge in [0, 0.05) is 0 Å². The van der Waals surface area contributed by atoms with Crippen LogP contribution in [0.15, 0.2) is 0 Å². The topological polar surface area (TPSA) is 73.8 Å². The van der Waals surface area contributed by atoms with Gasteiger partial charge in [-0.2, -0.15) is 0 Å². The number of hydrogen-bond acceptors (Lipinski definition) is 2. The van der Waals surface area contributed by atoms with Crippen LogP contribution in [0.1, 0.15) is 0 Å². The van der Waals surface area contributed by atoms with E-state index in [4.69, 9.17) is 8.40 Å². The molecule has 3 N–H and O–H groups in total. The van der Waals surface area contributed by atoms with Crippen molar-refractivity contribution in [2.45, 2.75) is 0 Å². The molecule has 0 heterocycles. The van der Waals surface area contributed by atoms with Gasteiger partial charge in [-0.15, -0.1) is 0 Å². The second-order valence-corrected chi connectivity index (χ2v) is 0.327. The molecular formula is CH6BrNO2. The molecule has 4 heteroatoms. The number of hydrogen-bond donors (Lipinski definition) is 1. The van der Waals surface area contributed by atoms with E-state index in [0.717, 1.165) is 0 Å². The first-order chi connectivity index (χ1) is 2.41. The summed E-state index contributed by atoms with van der Waals surface area (Å²) in [6.07, 6.45) is 0. The molecule has 0 aliphatic rings. The van der Waals surface area contributed by atoms with Crippen LogP contribution in [0.3, 0.4) is 0 Å². The van der Waals surface area contributed by atoms with Gasteiger partial charge in [0.15, 0.2) is 15.5 Å². The van der Waals surface area contributed by atoms with E-state index < -0.39 is 15.5 Å². The second kappa shape index (κ2) is 26.6. The normalized spacial score (nSPS) is 4.80. The Morgan fingerprint density at radius 1 is 1.40 bits per heavy atom. The minimum atomic E-state index is -1.44. The maximum absolute atomic E-state index is 8.41. The van der Waals surface area contributed by atoms with E-state index in [-0.39, 0.29) is 0 Å². The Morgan fingerprint density at radius 2 is 1.40 bits per heavy atom. The first-order valence-electron chi connectivity index (χ1n) is 1.02. The van der Waals surface area contributed by atoms with Crippen LogP contribution >= 0.6 is 0 Å². The molecule has 0 aliphatic heterocycles. The summed E-state index contributed by atoms with van der Waals surface area (Å²) in [5.41, 5.74) is 3.25. The van der Waals surface area contributed by atoms with Crippen molar-refractivity contribution in [3.63, 3.8) is 0 Å². The number of rotatable bonds is 0. The standard InChI is InChI=1S/CH5N.BrO2/c1-2;2-1-3/h2H2,1H3;/q;-1/p+1. The van der Waals surface area contributed by atoms with Gasteiger partial charge in [0.2, 0.25) is 0 Å². The molecule has 0 spiro atoms. The van der Waals surface area contributed by atoms with Crippen molar-refractivity contribution < 1.29 is 29.7 Å². The van der Waals surface area contributed by atoms with Gasteiger partial charge in [-0.1, -0.05) is 0 Å². The van der Waals surface area contributed by atoms with Gasteiger partial charge in [-0.05, 0) is 0 Å². The molecule has 0 aromatic heterocycles. The molecule has 0 unspecified atom stereocenters. The summed E-state index contributed by atoms with van der Waals surface area (Å²) in [5.74, 6) is 0. The van der Waals surface area contributed by atoms with Gasteiger partial charge in [0.25, 0.3) is 0 Å². The van der Waals surface area contributed by atoms with Crippen LogP contribution in [-0.2, 0) is 0 Å². The molecule has 0 amide bonds. The maximum atomic E-state index is 8.41. The average Bonchev–Trinajstić information content (AvgIpc) is 1.46. The molecule has 34 valence electrons. The molecule has 5 heavy (non-hydrogen) atoms. The Hall–Kier alpha value is 0.360. The van der Waals surface area contributed by atoms with Crippen molar-refractivity contribution in [1.82, 2.24) is 0 Å². The van der Waals surface area contributed by atoms with Crippen LogP contribution < -0.4 is 14.1 Å². The third kappa shape index (κ3) is 187. The van der Waals surface area contributed by atoms with Gasteiger partial charge in [-0.3, -0.25) is 0 Å². The van der Waals surface area contributed by atoms with Crippen LogP contribution in [0.2, 0.25) is 0 Å². The fraction of sp³-hybridized carbons (Fsp3) is 1.00. The van der Waals surface area contributed by atoms with E-state index in [2.05, 4.69) is 5.73 Å². The van der Waals surface area contributed by atoms with Crippen LogP contribution in [0.25, 0.3) is 0 Å². The molecule has 0 rings (SSSR count). The lowest BCUT2D eigenvalue weighted by Gasteiger charge is -1.67. The summed E-state index contributed by atoms with van der Waals surface area (Å²) < 4.78 is 16.8. The lowest BCUT2D eigenvalue weighted by molar-refractivity contribution is -1.41. The van der Waals surface area contributed by atoms with Gasteiger partial charge < -0.3 is 14.1 Å². The third-order valence-electron chi connectivity index (χ3n) is 0. The van der Waals surface area contributed by atoms with Gasteiger partial charge in [0.1, 0.15) is 0 Å². The molecular weight excluding hydrogens is 138 g/mol. The summed E-state index contributed by atoms with van der Waals surface area (Å²) >= 11 is -1.44. The quantitative estimate of drug-likeness (QED) is 0.382. The third-order valence-corrected chi connectivity index (χ3v) is 0. The highest BCUT2D eigenvalue weighted by molar-refractivity contribution is 3.08. The Kier molecular flexibility index (Phi) is 48.0. The highest BCUT2D eigenvalue weighted by atomic mass is 79.9. The average molecular weight is 144 g/mol. The molecule has 0 saturated heterocycles. The van der Waals surface area contributed by atoms with E-state index >= 15 is 0 Å². The monoisotopic (exact) mass is 143 g/mol. The Balaban J connectivity index is 0. The smallest absolute Gasteiger partial charge is 0.170 e. The maximum Gasteiger partial charge on any atom is 0.170 e. The predicted molar refractivity (Wildman–Crippen MR) is 8.81 cm³/mol. The second-order valence-electron chi connectivity index (χ2n) is 0.0630. The van der Waals surface area contributed by atoms with Crippen LogP contribution in [0.4, 0.5) is 0 Å². The molecule has 0 aromatic rings. The highest BCUT2D eigenvalue weighted by Crippen LogP contribution is 0.940. The summed E-state index contributed by atoms with van der Waals surface area (Å²) in [4.78, 5) is 0. The van der Waals surface area contributed by atoms with Crippen molar-refractivity contribution >= 4 is 0 Å². The van der Waals surface area contributed by atoms with Crippen molar-refractivity contribution in [3.05, 3.63) is 0 Å². The molecule has 3 nitrogen and oxygen atoms in total. The number of quaternary nitrogens is 1. The lowest BCUT2D eigenvalue weighted by atomic mass is 11.6. The zero-order valence-electron chi connectivity index (χ0n) is 2.90. The zero-order chi connectivity index (χ0) is 4.71. The summed E-state index contributed by atoms with van der Waals surface area (Å²) in [6, 6.07) is 0. The Labute approximate surface area is 37.6 Å². The molecule has 0 bridgehead atoms. The fourth-order valence-electron chi connectivity index (χ4n) is 0. The Bertz CT molecular complexity index is 9.61. The SMILES string of the molecule is C[NH3+].[O-][Br+][O-]. The van der Waals surface area contributed by atoms with Gasteiger partial charge in [-0.25, -0.2) is 0 Å². The molecule has 0 aromatic carbocycles. The largest absolute Gasteiger partial charge is 0.585 e. The molecule has 0 saturated carbocycles. The summed E-state index contributed by atoms with van der Waals surface area (Å²) in [5, 5.41) is 0. The van der Waals surface area contributed by atoms with E-state index in [1.54, 1.807) is 7.05 Å². The van der Waals surface area contributed by atoms with E-state index in [1.807, 2.05) is 0 Å². The van der Waals surface area contributed by atoms with Crippen molar-refractivity contribution in [2.75, 3.05) is 7.05 Å². The van der Waals surface area contributed by atoms with Crippen molar-refractivity contribution in [2.24, 2.45) is 0 Å². The fourth-order valence-corrected chi connectivity index (χ4v) is 0. The molecule has 0 radical (unpaired) electrons. The van der Waals surface area contributed by atoms with E-state index in [0.29, 0.717) is 0 Å². The van der Waals surface area contributed by atoms with Crippen LogP contribution in [-0.4, -0.2) is 7.05 Å². The minimum Gasteiger partial charge on any atom is -0.585 e. The van der Waals surface area contributed by atoms with Crippen molar-refractivity contribution in [3.8, 4) is 0 Å². The first-order valence-corrected chi connectivity index (χ1v) is 2.31. The van der Waals surface area contributed by atoms with E-state index in [9.17, 15) is 0 Å². The zero-order valence-corrected chi connectivity index (χ0v) is 4.49. The lowest BCUT2D eigenvalue weighted by Crippen LogP contribution is -2.40. The van der Waals surface area contributed by atoms with Crippen molar-refractivity contribution in [1.29, 1.82) is 0 Å². The Morgan fingerprint density at radius 3 is 1.40 bits per heavy atom.